The molecule has 0 aliphatic heterocycles. The molecule has 0 radical (unpaired) electrons. The van der Waals surface area contributed by atoms with Crippen molar-refractivity contribution in [2.24, 2.45) is 0 Å². The minimum absolute atomic E-state index is 0.399. The Morgan fingerprint density at radius 2 is 1.80 bits per heavy atom. The van der Waals surface area contributed by atoms with Crippen LogP contribution in [0.5, 0.6) is 0 Å². The van der Waals surface area contributed by atoms with Gasteiger partial charge in [-0.1, -0.05) is 6.07 Å². The summed E-state index contributed by atoms with van der Waals surface area (Å²) < 4.78 is 22.6. The summed E-state index contributed by atoms with van der Waals surface area (Å²) in [4.78, 5) is 2.11. The predicted octanol–water partition coefficient (Wildman–Crippen LogP) is 2.29. The number of rotatable bonds is 6. The van der Waals surface area contributed by atoms with Gasteiger partial charge in [0.05, 0.1) is 4.75 Å². The van der Waals surface area contributed by atoms with Gasteiger partial charge in [0.25, 0.3) is 0 Å². The molecule has 0 bridgehead atoms. The summed E-state index contributed by atoms with van der Waals surface area (Å²) in [6.45, 7) is 6.80. The summed E-state index contributed by atoms with van der Waals surface area (Å²) in [6, 6.07) is 6.26. The summed E-state index contributed by atoms with van der Waals surface area (Å²) in [5.41, 5.74) is 3.36. The third-order valence-electron chi connectivity index (χ3n) is 3.36. The molecule has 0 atom stereocenters. The van der Waals surface area contributed by atoms with Gasteiger partial charge in [0, 0.05) is 25.0 Å². The molecule has 1 N–H and O–H groups in total. The number of nitrogens with one attached hydrogen (secondary N) is 1. The molecule has 5 heteroatoms. The summed E-state index contributed by atoms with van der Waals surface area (Å²) in [6.07, 6.45) is 1.28. The van der Waals surface area contributed by atoms with E-state index < -0.39 is 14.6 Å². The molecule has 0 heterocycles. The molecular formula is C15H26N2O2S. The van der Waals surface area contributed by atoms with Crippen LogP contribution < -0.4 is 5.32 Å². The standard InChI is InChI=1S/C15H26N2O2S/c1-12-7-13(10-17(4)5)9-14(8-12)16-11-15(2,3)20(6,18)19/h7-9,16H,10-11H2,1-6H3. The summed E-state index contributed by atoms with van der Waals surface area (Å²) in [5, 5.41) is 3.25. The largest absolute Gasteiger partial charge is 0.383 e. The lowest BCUT2D eigenvalue weighted by Crippen LogP contribution is -2.38. The monoisotopic (exact) mass is 298 g/mol. The molecule has 0 aliphatic rings. The van der Waals surface area contributed by atoms with Gasteiger partial charge < -0.3 is 10.2 Å². The fourth-order valence-corrected chi connectivity index (χ4v) is 2.20. The van der Waals surface area contributed by atoms with Gasteiger partial charge in [0.15, 0.2) is 9.84 Å². The number of nitrogens with zero attached hydrogens (tertiary/aromatic N) is 1. The highest BCUT2D eigenvalue weighted by Gasteiger charge is 2.29. The molecule has 0 amide bonds. The zero-order valence-electron chi connectivity index (χ0n) is 13.3. The summed E-state index contributed by atoms with van der Waals surface area (Å²) in [7, 11) is 0.977. The SMILES string of the molecule is Cc1cc(CN(C)C)cc(NCC(C)(C)S(C)(=O)=O)c1. The molecule has 0 fully saturated rings. The average molecular weight is 298 g/mol. The second-order valence-corrected chi connectivity index (χ2v) is 8.98. The van der Waals surface area contributed by atoms with Crippen molar-refractivity contribution in [1.82, 2.24) is 4.90 Å². The molecule has 0 unspecified atom stereocenters. The van der Waals surface area contributed by atoms with Crippen LogP contribution in [0.3, 0.4) is 0 Å². The lowest BCUT2D eigenvalue weighted by Gasteiger charge is -2.24. The number of sulfone groups is 1. The quantitative estimate of drug-likeness (QED) is 0.875. The average Bonchev–Trinajstić information content (AvgIpc) is 2.23. The molecule has 20 heavy (non-hydrogen) atoms. The fourth-order valence-electron chi connectivity index (χ4n) is 1.87. The van der Waals surface area contributed by atoms with Crippen LogP contribution in [0.25, 0.3) is 0 Å². The Morgan fingerprint density at radius 3 is 2.30 bits per heavy atom. The molecule has 0 spiro atoms. The van der Waals surface area contributed by atoms with Gasteiger partial charge in [0.2, 0.25) is 0 Å². The molecule has 0 aromatic heterocycles. The number of aryl methyl sites for hydroxylation is 1. The highest BCUT2D eigenvalue weighted by Crippen LogP contribution is 2.19. The Hall–Kier alpha value is -1.07. The van der Waals surface area contributed by atoms with Crippen molar-refractivity contribution in [2.75, 3.05) is 32.2 Å². The third kappa shape index (κ3) is 4.80. The normalized spacial score (nSPS) is 12.8. The Kier molecular flexibility index (Phi) is 5.21. The second kappa shape index (κ2) is 6.14. The predicted molar refractivity (Wildman–Crippen MR) is 86.0 cm³/mol. The Morgan fingerprint density at radius 1 is 1.20 bits per heavy atom. The van der Waals surface area contributed by atoms with Crippen LogP contribution in [0, 0.1) is 6.92 Å². The van der Waals surface area contributed by atoms with Crippen molar-refractivity contribution < 1.29 is 8.42 Å². The minimum Gasteiger partial charge on any atom is -0.383 e. The van der Waals surface area contributed by atoms with E-state index >= 15 is 0 Å². The Bertz CT molecular complexity index is 563. The van der Waals surface area contributed by atoms with Crippen LogP contribution in [0.2, 0.25) is 0 Å². The molecule has 1 aromatic carbocycles. The Labute approximate surface area is 123 Å². The first-order valence-corrected chi connectivity index (χ1v) is 8.59. The maximum Gasteiger partial charge on any atom is 0.154 e. The van der Waals surface area contributed by atoms with Crippen LogP contribution in [0.4, 0.5) is 5.69 Å². The number of benzene rings is 1. The van der Waals surface area contributed by atoms with Crippen LogP contribution in [0.1, 0.15) is 25.0 Å². The fraction of sp³-hybridized carbons (Fsp3) is 0.600. The zero-order valence-corrected chi connectivity index (χ0v) is 14.1. The van der Waals surface area contributed by atoms with Crippen LogP contribution in [-0.2, 0) is 16.4 Å². The van der Waals surface area contributed by atoms with Gasteiger partial charge in [-0.3, -0.25) is 0 Å². The van der Waals surface area contributed by atoms with Crippen molar-refractivity contribution in [1.29, 1.82) is 0 Å². The van der Waals surface area contributed by atoms with Gasteiger partial charge in [-0.25, -0.2) is 8.42 Å². The van der Waals surface area contributed by atoms with E-state index in [1.54, 1.807) is 13.8 Å². The summed E-state index contributed by atoms with van der Waals surface area (Å²) in [5.74, 6) is 0. The highest BCUT2D eigenvalue weighted by molar-refractivity contribution is 7.92. The van der Waals surface area contributed by atoms with E-state index in [0.717, 1.165) is 12.2 Å². The molecule has 0 saturated heterocycles. The number of hydrogen-bond acceptors (Lipinski definition) is 4. The van der Waals surface area contributed by atoms with E-state index in [0.29, 0.717) is 6.54 Å². The van der Waals surface area contributed by atoms with E-state index in [1.165, 1.54) is 17.4 Å². The molecule has 114 valence electrons. The van der Waals surface area contributed by atoms with Gasteiger partial charge >= 0.3 is 0 Å². The van der Waals surface area contributed by atoms with Crippen molar-refractivity contribution in [2.45, 2.75) is 32.1 Å². The van der Waals surface area contributed by atoms with Crippen molar-refractivity contribution in [3.63, 3.8) is 0 Å². The van der Waals surface area contributed by atoms with Crippen molar-refractivity contribution >= 4 is 15.5 Å². The van der Waals surface area contributed by atoms with Crippen LogP contribution in [0.15, 0.2) is 18.2 Å². The number of anilines is 1. The molecule has 4 nitrogen and oxygen atoms in total. The van der Waals surface area contributed by atoms with Crippen molar-refractivity contribution in [3.05, 3.63) is 29.3 Å². The van der Waals surface area contributed by atoms with E-state index in [4.69, 9.17) is 0 Å². The van der Waals surface area contributed by atoms with Gasteiger partial charge in [0.1, 0.15) is 0 Å². The minimum atomic E-state index is -3.08. The molecular weight excluding hydrogens is 272 g/mol. The van der Waals surface area contributed by atoms with Crippen molar-refractivity contribution in [3.8, 4) is 0 Å². The Balaban J connectivity index is 2.86. The molecule has 1 aromatic rings. The van der Waals surface area contributed by atoms with Gasteiger partial charge in [-0.15, -0.1) is 0 Å². The number of hydrogen-bond donors (Lipinski definition) is 1. The second-order valence-electron chi connectivity index (χ2n) is 6.33. The van der Waals surface area contributed by atoms with Gasteiger partial charge in [-0.2, -0.15) is 0 Å². The summed E-state index contributed by atoms with van der Waals surface area (Å²) >= 11 is 0. The lowest BCUT2D eigenvalue weighted by molar-refractivity contribution is 0.402. The third-order valence-corrected chi connectivity index (χ3v) is 5.51. The highest BCUT2D eigenvalue weighted by atomic mass is 32.2. The molecule has 1 rings (SSSR count). The molecule has 0 aliphatic carbocycles. The maximum absolute atomic E-state index is 11.7. The van der Waals surface area contributed by atoms with Gasteiger partial charge in [-0.05, 0) is 58.1 Å². The topological polar surface area (TPSA) is 49.4 Å². The first-order valence-electron chi connectivity index (χ1n) is 6.70. The first kappa shape index (κ1) is 17.0. The first-order chi connectivity index (χ1) is 9.01. The smallest absolute Gasteiger partial charge is 0.154 e. The van der Waals surface area contributed by atoms with E-state index in [-0.39, 0.29) is 0 Å². The lowest BCUT2D eigenvalue weighted by atomic mass is 10.1. The van der Waals surface area contributed by atoms with Crippen LogP contribution in [-0.4, -0.2) is 45.0 Å². The molecule has 0 saturated carbocycles. The van der Waals surface area contributed by atoms with Crippen LogP contribution >= 0.6 is 0 Å². The van der Waals surface area contributed by atoms with E-state index in [2.05, 4.69) is 22.3 Å². The van der Waals surface area contributed by atoms with E-state index in [1.807, 2.05) is 27.1 Å². The maximum atomic E-state index is 11.7. The zero-order chi connectivity index (χ0) is 15.6. The van der Waals surface area contributed by atoms with E-state index in [9.17, 15) is 8.42 Å².